The van der Waals surface area contributed by atoms with Gasteiger partial charge < -0.3 is 25.4 Å². The number of pyridine rings is 2. The Kier molecular flexibility index (Phi) is 9.39. The first-order valence-electron chi connectivity index (χ1n) is 13.0. The second-order valence-electron chi connectivity index (χ2n) is 10.6. The van der Waals surface area contributed by atoms with Crippen LogP contribution in [0.5, 0.6) is 0 Å². The number of halogens is 2. The molecule has 0 spiro atoms. The molecule has 0 unspecified atom stereocenters. The summed E-state index contributed by atoms with van der Waals surface area (Å²) in [6.45, 7) is 7.48. The van der Waals surface area contributed by atoms with Gasteiger partial charge in [-0.05, 0) is 63.0 Å². The lowest BCUT2D eigenvalue weighted by Crippen LogP contribution is -2.42. The average Bonchev–Trinajstić information content (AvgIpc) is 2.87. The van der Waals surface area contributed by atoms with E-state index in [1.54, 1.807) is 19.4 Å². The standard InChI is InChI=1S/C27H39ClFN5O2/c1-18(16-35-3)33-19-4-6-20(7-5-19)34-25-13-22(24(29)15-30-25)23-12-21(14-31-26(23)28)32-17-27(2)8-10-36-11-9-27/h12-15,18-20,32-33H,4-11,16-17H2,1-3H3,(H,30,34)/t18-,19-,20-/m1/s1. The van der Waals surface area contributed by atoms with E-state index in [1.165, 1.54) is 6.20 Å². The number of rotatable bonds is 10. The van der Waals surface area contributed by atoms with Gasteiger partial charge in [-0.3, -0.25) is 0 Å². The Bertz CT molecular complexity index is 996. The van der Waals surface area contributed by atoms with Crippen molar-refractivity contribution in [2.75, 3.05) is 44.1 Å². The zero-order chi connectivity index (χ0) is 25.5. The zero-order valence-electron chi connectivity index (χ0n) is 21.6. The summed E-state index contributed by atoms with van der Waals surface area (Å²) in [6, 6.07) is 4.75. The molecule has 36 heavy (non-hydrogen) atoms. The first-order valence-corrected chi connectivity index (χ1v) is 13.4. The van der Waals surface area contributed by atoms with Crippen LogP contribution in [0.25, 0.3) is 11.1 Å². The summed E-state index contributed by atoms with van der Waals surface area (Å²) in [7, 11) is 1.73. The molecule has 3 N–H and O–H groups in total. The second-order valence-corrected chi connectivity index (χ2v) is 11.0. The van der Waals surface area contributed by atoms with E-state index < -0.39 is 5.82 Å². The summed E-state index contributed by atoms with van der Waals surface area (Å²) >= 11 is 6.42. The zero-order valence-corrected chi connectivity index (χ0v) is 22.3. The molecule has 2 aliphatic rings. The van der Waals surface area contributed by atoms with E-state index in [1.807, 2.05) is 6.07 Å². The highest BCUT2D eigenvalue weighted by atomic mass is 35.5. The van der Waals surface area contributed by atoms with Crippen molar-refractivity contribution in [3.63, 3.8) is 0 Å². The predicted octanol–water partition coefficient (Wildman–Crippen LogP) is 5.51. The quantitative estimate of drug-likeness (QED) is 0.357. The lowest BCUT2D eigenvalue weighted by Gasteiger charge is -2.33. The molecule has 0 radical (unpaired) electrons. The summed E-state index contributed by atoms with van der Waals surface area (Å²) in [6.07, 6.45) is 9.18. The van der Waals surface area contributed by atoms with Crippen molar-refractivity contribution in [3.05, 3.63) is 35.5 Å². The fraction of sp³-hybridized carbons (Fsp3) is 0.630. The molecule has 0 amide bonds. The second kappa shape index (κ2) is 12.5. The van der Waals surface area contributed by atoms with Crippen LogP contribution < -0.4 is 16.0 Å². The van der Waals surface area contributed by atoms with Crippen molar-refractivity contribution in [2.45, 2.75) is 70.5 Å². The third-order valence-electron chi connectivity index (χ3n) is 7.42. The first kappa shape index (κ1) is 27.0. The van der Waals surface area contributed by atoms with E-state index in [0.717, 1.165) is 64.0 Å². The van der Waals surface area contributed by atoms with Gasteiger partial charge in [-0.25, -0.2) is 14.4 Å². The summed E-state index contributed by atoms with van der Waals surface area (Å²) in [5, 5.41) is 10.9. The SMILES string of the molecule is COC[C@@H](C)N[C@H]1CC[C@H](Nc2cc(-c3cc(NCC4(C)CCOCC4)cnc3Cl)c(F)cn2)CC1. The summed E-state index contributed by atoms with van der Waals surface area (Å²) in [4.78, 5) is 8.63. The van der Waals surface area contributed by atoms with Crippen LogP contribution in [0.1, 0.15) is 52.4 Å². The van der Waals surface area contributed by atoms with Crippen LogP contribution in [-0.4, -0.2) is 61.6 Å². The fourth-order valence-corrected chi connectivity index (χ4v) is 5.33. The van der Waals surface area contributed by atoms with E-state index in [2.05, 4.69) is 39.8 Å². The lowest BCUT2D eigenvalue weighted by atomic mass is 9.82. The normalized spacial score (nSPS) is 22.7. The van der Waals surface area contributed by atoms with Crippen LogP contribution in [0.15, 0.2) is 24.5 Å². The number of nitrogens with zero attached hydrogens (tertiary/aromatic N) is 2. The van der Waals surface area contributed by atoms with Gasteiger partial charge in [0.05, 0.1) is 24.7 Å². The Morgan fingerprint density at radius 2 is 1.83 bits per heavy atom. The minimum absolute atomic E-state index is 0.160. The highest BCUT2D eigenvalue weighted by molar-refractivity contribution is 6.32. The molecule has 1 saturated carbocycles. The number of hydrogen-bond acceptors (Lipinski definition) is 7. The van der Waals surface area contributed by atoms with Crippen molar-refractivity contribution in [1.29, 1.82) is 0 Å². The predicted molar refractivity (Wildman–Crippen MR) is 143 cm³/mol. The van der Waals surface area contributed by atoms with Gasteiger partial charge in [-0.15, -0.1) is 0 Å². The molecule has 0 aromatic carbocycles. The number of hydrogen-bond donors (Lipinski definition) is 3. The summed E-state index contributed by atoms with van der Waals surface area (Å²) < 4.78 is 25.6. The van der Waals surface area contributed by atoms with Crippen molar-refractivity contribution in [1.82, 2.24) is 15.3 Å². The van der Waals surface area contributed by atoms with Gasteiger partial charge in [-0.1, -0.05) is 18.5 Å². The minimum Gasteiger partial charge on any atom is -0.383 e. The third-order valence-corrected chi connectivity index (χ3v) is 7.72. The van der Waals surface area contributed by atoms with Crippen LogP contribution in [0.2, 0.25) is 5.15 Å². The van der Waals surface area contributed by atoms with Crippen molar-refractivity contribution >= 4 is 23.1 Å². The molecule has 1 atom stereocenters. The monoisotopic (exact) mass is 519 g/mol. The molecule has 1 aliphatic heterocycles. The average molecular weight is 520 g/mol. The number of nitrogens with one attached hydrogen (secondary N) is 3. The Morgan fingerprint density at radius 1 is 1.11 bits per heavy atom. The number of anilines is 2. The largest absolute Gasteiger partial charge is 0.383 e. The topological polar surface area (TPSA) is 80.3 Å². The molecular weight excluding hydrogens is 481 g/mol. The van der Waals surface area contributed by atoms with Gasteiger partial charge in [0.1, 0.15) is 16.8 Å². The van der Waals surface area contributed by atoms with Crippen LogP contribution in [0.3, 0.4) is 0 Å². The highest BCUT2D eigenvalue weighted by Crippen LogP contribution is 2.34. The van der Waals surface area contributed by atoms with Gasteiger partial charge >= 0.3 is 0 Å². The molecule has 0 bridgehead atoms. The molecule has 4 rings (SSSR count). The van der Waals surface area contributed by atoms with Gasteiger partial charge in [-0.2, -0.15) is 0 Å². The van der Waals surface area contributed by atoms with E-state index in [-0.39, 0.29) is 10.6 Å². The van der Waals surface area contributed by atoms with E-state index in [0.29, 0.717) is 41.7 Å². The van der Waals surface area contributed by atoms with E-state index in [9.17, 15) is 4.39 Å². The van der Waals surface area contributed by atoms with Crippen LogP contribution in [0.4, 0.5) is 15.9 Å². The van der Waals surface area contributed by atoms with Gasteiger partial charge in [0.25, 0.3) is 0 Å². The number of methoxy groups -OCH3 is 1. The number of ether oxygens (including phenoxy) is 2. The van der Waals surface area contributed by atoms with Crippen molar-refractivity contribution < 1.29 is 13.9 Å². The van der Waals surface area contributed by atoms with Crippen LogP contribution in [-0.2, 0) is 9.47 Å². The maximum atomic E-state index is 14.9. The molecule has 1 saturated heterocycles. The first-order chi connectivity index (χ1) is 17.3. The van der Waals surface area contributed by atoms with Crippen molar-refractivity contribution in [3.8, 4) is 11.1 Å². The Balaban J connectivity index is 1.40. The van der Waals surface area contributed by atoms with Gasteiger partial charge in [0.2, 0.25) is 0 Å². The molecule has 198 valence electrons. The molecule has 9 heteroatoms. The highest BCUT2D eigenvalue weighted by Gasteiger charge is 2.27. The molecule has 3 heterocycles. The minimum atomic E-state index is -0.419. The third kappa shape index (κ3) is 7.28. The number of aromatic nitrogens is 2. The summed E-state index contributed by atoms with van der Waals surface area (Å²) in [5.74, 6) is 0.234. The fourth-order valence-electron chi connectivity index (χ4n) is 5.13. The van der Waals surface area contributed by atoms with Crippen LogP contribution in [0, 0.1) is 11.2 Å². The molecular formula is C27H39ClFN5O2. The van der Waals surface area contributed by atoms with E-state index in [4.69, 9.17) is 21.1 Å². The van der Waals surface area contributed by atoms with Gasteiger partial charge in [0.15, 0.2) is 0 Å². The molecule has 2 aromatic rings. The Hall–Kier alpha value is -2.00. The van der Waals surface area contributed by atoms with Crippen LogP contribution >= 0.6 is 11.6 Å². The molecule has 1 aliphatic carbocycles. The molecule has 2 fully saturated rings. The van der Waals surface area contributed by atoms with Crippen molar-refractivity contribution in [2.24, 2.45) is 5.41 Å². The maximum absolute atomic E-state index is 14.9. The maximum Gasteiger partial charge on any atom is 0.149 e. The molecule has 2 aromatic heterocycles. The Labute approximate surface area is 218 Å². The molecule has 7 nitrogen and oxygen atoms in total. The van der Waals surface area contributed by atoms with Gasteiger partial charge in [0, 0.05) is 56.1 Å². The van der Waals surface area contributed by atoms with E-state index >= 15 is 0 Å². The summed E-state index contributed by atoms with van der Waals surface area (Å²) in [5.41, 5.74) is 1.94. The Morgan fingerprint density at radius 3 is 2.56 bits per heavy atom. The smallest absolute Gasteiger partial charge is 0.149 e. The lowest BCUT2D eigenvalue weighted by molar-refractivity contribution is 0.0300.